The number of rotatable bonds is 4. The molecule has 1 aromatic carbocycles. The standard InChI is InChI=1S/C15H21FN2O2/c1-20-15(19)12-3-2-6-18(9-12)10-13-7-14(16)5-4-11(13)8-17/h4-5,7,12H,2-3,6,8-10,17H2,1H3. The zero-order valence-electron chi connectivity index (χ0n) is 11.8. The molecule has 0 radical (unpaired) electrons. The van der Waals surface area contributed by atoms with E-state index >= 15 is 0 Å². The predicted molar refractivity (Wildman–Crippen MR) is 74.3 cm³/mol. The second-order valence-corrected chi connectivity index (χ2v) is 5.21. The Balaban J connectivity index is 2.06. The zero-order chi connectivity index (χ0) is 14.5. The zero-order valence-corrected chi connectivity index (χ0v) is 11.8. The molecule has 1 saturated heterocycles. The first-order valence-electron chi connectivity index (χ1n) is 6.91. The Morgan fingerprint density at radius 2 is 2.30 bits per heavy atom. The fourth-order valence-corrected chi connectivity index (χ4v) is 2.74. The maximum Gasteiger partial charge on any atom is 0.309 e. The van der Waals surface area contributed by atoms with Gasteiger partial charge in [-0.15, -0.1) is 0 Å². The molecule has 1 aromatic rings. The van der Waals surface area contributed by atoms with E-state index in [4.69, 9.17) is 10.5 Å². The van der Waals surface area contributed by atoms with Crippen LogP contribution in [-0.4, -0.2) is 31.1 Å². The van der Waals surface area contributed by atoms with Crippen molar-refractivity contribution in [3.05, 3.63) is 35.1 Å². The molecule has 0 aliphatic carbocycles. The molecule has 0 spiro atoms. The van der Waals surface area contributed by atoms with Gasteiger partial charge in [0.2, 0.25) is 0 Å². The van der Waals surface area contributed by atoms with Crippen molar-refractivity contribution in [1.82, 2.24) is 4.90 Å². The summed E-state index contributed by atoms with van der Waals surface area (Å²) >= 11 is 0. The van der Waals surface area contributed by atoms with Gasteiger partial charge in [-0.1, -0.05) is 6.07 Å². The smallest absolute Gasteiger partial charge is 0.309 e. The van der Waals surface area contributed by atoms with Gasteiger partial charge >= 0.3 is 5.97 Å². The second kappa shape index (κ2) is 6.81. The van der Waals surface area contributed by atoms with Crippen molar-refractivity contribution >= 4 is 5.97 Å². The van der Waals surface area contributed by atoms with Gasteiger partial charge in [-0.05, 0) is 42.6 Å². The molecule has 4 nitrogen and oxygen atoms in total. The number of nitrogens with two attached hydrogens (primary N) is 1. The lowest BCUT2D eigenvalue weighted by atomic mass is 9.97. The summed E-state index contributed by atoms with van der Waals surface area (Å²) in [6.07, 6.45) is 1.81. The third-order valence-electron chi connectivity index (χ3n) is 3.82. The topological polar surface area (TPSA) is 55.6 Å². The summed E-state index contributed by atoms with van der Waals surface area (Å²) in [7, 11) is 1.42. The van der Waals surface area contributed by atoms with E-state index in [9.17, 15) is 9.18 Å². The van der Waals surface area contributed by atoms with Crippen LogP contribution in [0, 0.1) is 11.7 Å². The molecule has 2 N–H and O–H groups in total. The highest BCUT2D eigenvalue weighted by atomic mass is 19.1. The fourth-order valence-electron chi connectivity index (χ4n) is 2.74. The summed E-state index contributed by atoms with van der Waals surface area (Å²) in [6, 6.07) is 4.69. The van der Waals surface area contributed by atoms with Gasteiger partial charge in [-0.3, -0.25) is 9.69 Å². The number of carbonyl (C=O) groups excluding carboxylic acids is 1. The van der Waals surface area contributed by atoms with Gasteiger partial charge < -0.3 is 10.5 Å². The van der Waals surface area contributed by atoms with Crippen LogP contribution in [0.15, 0.2) is 18.2 Å². The van der Waals surface area contributed by atoms with Crippen LogP contribution < -0.4 is 5.73 Å². The number of hydrogen-bond acceptors (Lipinski definition) is 4. The van der Waals surface area contributed by atoms with E-state index in [1.165, 1.54) is 19.2 Å². The van der Waals surface area contributed by atoms with E-state index in [1.54, 1.807) is 6.07 Å². The first-order valence-corrected chi connectivity index (χ1v) is 6.91. The molecule has 5 heteroatoms. The average Bonchev–Trinajstić information content (AvgIpc) is 2.47. The Morgan fingerprint density at radius 3 is 3.00 bits per heavy atom. The molecule has 20 heavy (non-hydrogen) atoms. The molecule has 110 valence electrons. The van der Waals surface area contributed by atoms with Crippen LogP contribution >= 0.6 is 0 Å². The molecule has 1 aliphatic rings. The number of ether oxygens (including phenoxy) is 1. The normalized spacial score (nSPS) is 19.9. The molecular weight excluding hydrogens is 259 g/mol. The molecular formula is C15H21FN2O2. The van der Waals surface area contributed by atoms with Gasteiger partial charge in [0, 0.05) is 19.6 Å². The van der Waals surface area contributed by atoms with Crippen LogP contribution in [0.3, 0.4) is 0 Å². The van der Waals surface area contributed by atoms with Gasteiger partial charge in [-0.25, -0.2) is 4.39 Å². The van der Waals surface area contributed by atoms with E-state index in [0.29, 0.717) is 19.6 Å². The first-order chi connectivity index (χ1) is 9.63. The van der Waals surface area contributed by atoms with E-state index in [-0.39, 0.29) is 17.7 Å². The van der Waals surface area contributed by atoms with Crippen molar-refractivity contribution in [3.8, 4) is 0 Å². The van der Waals surface area contributed by atoms with Crippen molar-refractivity contribution in [1.29, 1.82) is 0 Å². The molecule has 0 bridgehead atoms. The summed E-state index contributed by atoms with van der Waals surface area (Å²) in [5.41, 5.74) is 7.54. The Bertz CT molecular complexity index is 479. The van der Waals surface area contributed by atoms with Gasteiger partial charge in [-0.2, -0.15) is 0 Å². The first kappa shape index (κ1) is 14.9. The summed E-state index contributed by atoms with van der Waals surface area (Å²) in [5, 5.41) is 0. The quantitative estimate of drug-likeness (QED) is 0.852. The van der Waals surface area contributed by atoms with Crippen molar-refractivity contribution in [2.24, 2.45) is 11.7 Å². The molecule has 1 aliphatic heterocycles. The predicted octanol–water partition coefficient (Wildman–Crippen LogP) is 1.67. The number of likely N-dealkylation sites (tertiary alicyclic amines) is 1. The highest BCUT2D eigenvalue weighted by Crippen LogP contribution is 2.21. The van der Waals surface area contributed by atoms with E-state index in [2.05, 4.69) is 4.90 Å². The van der Waals surface area contributed by atoms with Crippen LogP contribution in [0.1, 0.15) is 24.0 Å². The third-order valence-corrected chi connectivity index (χ3v) is 3.82. The lowest BCUT2D eigenvalue weighted by Crippen LogP contribution is -2.38. The summed E-state index contributed by atoms with van der Waals surface area (Å²) in [4.78, 5) is 13.8. The van der Waals surface area contributed by atoms with Gasteiger partial charge in [0.15, 0.2) is 0 Å². The average molecular weight is 280 g/mol. The van der Waals surface area contributed by atoms with Crippen molar-refractivity contribution in [2.45, 2.75) is 25.9 Å². The minimum atomic E-state index is -0.251. The highest BCUT2D eigenvalue weighted by molar-refractivity contribution is 5.72. The molecule has 1 atom stereocenters. The minimum absolute atomic E-state index is 0.0800. The highest BCUT2D eigenvalue weighted by Gasteiger charge is 2.26. The fraction of sp³-hybridized carbons (Fsp3) is 0.533. The summed E-state index contributed by atoms with van der Waals surface area (Å²) < 4.78 is 18.2. The summed E-state index contributed by atoms with van der Waals surface area (Å²) in [6.45, 7) is 2.59. The maximum absolute atomic E-state index is 13.4. The lowest BCUT2D eigenvalue weighted by Gasteiger charge is -2.31. The number of nitrogens with zero attached hydrogens (tertiary/aromatic N) is 1. The van der Waals surface area contributed by atoms with Gasteiger partial charge in [0.1, 0.15) is 5.82 Å². The molecule has 1 unspecified atom stereocenters. The van der Waals surface area contributed by atoms with Crippen molar-refractivity contribution < 1.29 is 13.9 Å². The number of hydrogen-bond donors (Lipinski definition) is 1. The molecule has 0 amide bonds. The maximum atomic E-state index is 13.4. The van der Waals surface area contributed by atoms with Crippen molar-refractivity contribution in [2.75, 3.05) is 20.2 Å². The van der Waals surface area contributed by atoms with Crippen LogP contribution in [0.5, 0.6) is 0 Å². The second-order valence-electron chi connectivity index (χ2n) is 5.21. The third kappa shape index (κ3) is 3.55. The number of esters is 1. The van der Waals surface area contributed by atoms with E-state index < -0.39 is 0 Å². The number of piperidine rings is 1. The number of halogens is 1. The number of methoxy groups -OCH3 is 1. The Kier molecular flexibility index (Phi) is 5.09. The van der Waals surface area contributed by atoms with Gasteiger partial charge in [0.25, 0.3) is 0 Å². The van der Waals surface area contributed by atoms with Crippen LogP contribution in [0.25, 0.3) is 0 Å². The van der Waals surface area contributed by atoms with Crippen LogP contribution in [0.4, 0.5) is 4.39 Å². The minimum Gasteiger partial charge on any atom is -0.469 e. The van der Waals surface area contributed by atoms with E-state index in [0.717, 1.165) is 30.5 Å². The largest absolute Gasteiger partial charge is 0.469 e. The van der Waals surface area contributed by atoms with Crippen LogP contribution in [0.2, 0.25) is 0 Å². The SMILES string of the molecule is COC(=O)C1CCCN(Cc2cc(F)ccc2CN)C1. The number of benzene rings is 1. The van der Waals surface area contributed by atoms with E-state index in [1.807, 2.05) is 0 Å². The summed E-state index contributed by atoms with van der Waals surface area (Å²) in [5.74, 6) is -0.490. The number of carbonyl (C=O) groups is 1. The lowest BCUT2D eigenvalue weighted by molar-refractivity contribution is -0.147. The molecule has 0 aromatic heterocycles. The molecule has 2 rings (SSSR count). The Hall–Kier alpha value is -1.46. The monoisotopic (exact) mass is 280 g/mol. The van der Waals surface area contributed by atoms with Crippen LogP contribution in [-0.2, 0) is 22.6 Å². The van der Waals surface area contributed by atoms with Gasteiger partial charge in [0.05, 0.1) is 13.0 Å². The molecule has 1 heterocycles. The Labute approximate surface area is 118 Å². The van der Waals surface area contributed by atoms with Crippen molar-refractivity contribution in [3.63, 3.8) is 0 Å². The molecule has 0 saturated carbocycles. The Morgan fingerprint density at radius 1 is 1.50 bits per heavy atom. The molecule has 1 fully saturated rings.